The molecule has 0 heterocycles. The lowest BCUT2D eigenvalue weighted by atomic mass is 10.2. The Morgan fingerprint density at radius 1 is 1.26 bits per heavy atom. The first-order valence-electron chi connectivity index (χ1n) is 5.91. The van der Waals surface area contributed by atoms with E-state index in [1.165, 1.54) is 0 Å². The van der Waals surface area contributed by atoms with Crippen LogP contribution >= 0.6 is 0 Å². The molecule has 2 N–H and O–H groups in total. The predicted octanol–water partition coefficient (Wildman–Crippen LogP) is 1.63. The molecular formula is C12H17F2NO3S. The molecule has 0 spiro atoms. The van der Waals surface area contributed by atoms with Gasteiger partial charge in [0.2, 0.25) is 0 Å². The number of nitrogens with two attached hydrogens (primary N) is 1. The van der Waals surface area contributed by atoms with Gasteiger partial charge < -0.3 is 10.5 Å². The van der Waals surface area contributed by atoms with Crippen LogP contribution < -0.4 is 10.5 Å². The first kappa shape index (κ1) is 15.8. The van der Waals surface area contributed by atoms with Gasteiger partial charge in [-0.25, -0.2) is 17.2 Å². The topological polar surface area (TPSA) is 69.4 Å². The monoisotopic (exact) mass is 293 g/mol. The normalized spacial score (nSPS) is 11.6. The maximum atomic E-state index is 13.5. The zero-order valence-corrected chi connectivity index (χ0v) is 11.5. The Bertz CT molecular complexity index is 509. The third-order valence-electron chi connectivity index (χ3n) is 2.58. The third-order valence-corrected chi connectivity index (χ3v) is 4.37. The van der Waals surface area contributed by atoms with Gasteiger partial charge in [-0.1, -0.05) is 6.92 Å². The highest BCUT2D eigenvalue weighted by Crippen LogP contribution is 2.23. The van der Waals surface area contributed by atoms with Crippen LogP contribution in [-0.2, 0) is 16.4 Å². The lowest BCUT2D eigenvalue weighted by Gasteiger charge is -2.09. The second kappa shape index (κ2) is 6.81. The van der Waals surface area contributed by atoms with E-state index < -0.39 is 27.2 Å². The summed E-state index contributed by atoms with van der Waals surface area (Å²) >= 11 is 0. The minimum absolute atomic E-state index is 0.0306. The van der Waals surface area contributed by atoms with Crippen molar-refractivity contribution in [3.63, 3.8) is 0 Å². The fourth-order valence-electron chi connectivity index (χ4n) is 1.47. The fourth-order valence-corrected chi connectivity index (χ4v) is 2.31. The van der Waals surface area contributed by atoms with Crippen molar-refractivity contribution in [2.45, 2.75) is 19.9 Å². The number of benzene rings is 1. The molecule has 0 aliphatic carbocycles. The first-order chi connectivity index (χ1) is 8.89. The van der Waals surface area contributed by atoms with Gasteiger partial charge in [0.1, 0.15) is 9.84 Å². The summed E-state index contributed by atoms with van der Waals surface area (Å²) in [5.74, 6) is -2.18. The molecular weight excluding hydrogens is 276 g/mol. The molecule has 0 amide bonds. The van der Waals surface area contributed by atoms with E-state index in [0.29, 0.717) is 5.56 Å². The number of hydrogen-bond acceptors (Lipinski definition) is 4. The zero-order valence-electron chi connectivity index (χ0n) is 10.7. The van der Waals surface area contributed by atoms with E-state index in [-0.39, 0.29) is 31.1 Å². The van der Waals surface area contributed by atoms with Crippen molar-refractivity contribution < 1.29 is 21.9 Å². The summed E-state index contributed by atoms with van der Waals surface area (Å²) in [4.78, 5) is 0. The number of sulfone groups is 1. The summed E-state index contributed by atoms with van der Waals surface area (Å²) in [5.41, 5.74) is 5.61. The minimum atomic E-state index is -3.09. The van der Waals surface area contributed by atoms with E-state index in [0.717, 1.165) is 12.1 Å². The van der Waals surface area contributed by atoms with Crippen molar-refractivity contribution in [1.29, 1.82) is 0 Å². The number of ether oxygens (including phenoxy) is 1. The van der Waals surface area contributed by atoms with Gasteiger partial charge in [0.25, 0.3) is 0 Å². The molecule has 0 bridgehead atoms. The molecule has 108 valence electrons. The summed E-state index contributed by atoms with van der Waals surface area (Å²) < 4.78 is 54.3. The van der Waals surface area contributed by atoms with Crippen LogP contribution in [0.1, 0.15) is 18.9 Å². The Hall–Kier alpha value is -1.21. The maximum Gasteiger partial charge on any atom is 0.190 e. The van der Waals surface area contributed by atoms with Gasteiger partial charge in [-0.2, -0.15) is 0 Å². The molecule has 0 aromatic heterocycles. The van der Waals surface area contributed by atoms with Crippen molar-refractivity contribution in [3.8, 4) is 5.75 Å². The Labute approximate surface area is 111 Å². The SMILES string of the molecule is CCS(=O)(=O)CCCOc1c(F)cc(CN)cc1F. The van der Waals surface area contributed by atoms with E-state index in [2.05, 4.69) is 0 Å². The van der Waals surface area contributed by atoms with E-state index >= 15 is 0 Å². The van der Waals surface area contributed by atoms with Gasteiger partial charge in [0.05, 0.1) is 12.4 Å². The van der Waals surface area contributed by atoms with Crippen molar-refractivity contribution in [1.82, 2.24) is 0 Å². The molecule has 1 aromatic carbocycles. The average Bonchev–Trinajstić information content (AvgIpc) is 2.36. The van der Waals surface area contributed by atoms with Crippen LogP contribution in [-0.4, -0.2) is 26.5 Å². The Morgan fingerprint density at radius 3 is 2.32 bits per heavy atom. The highest BCUT2D eigenvalue weighted by atomic mass is 32.2. The second-order valence-corrected chi connectivity index (χ2v) is 6.50. The lowest BCUT2D eigenvalue weighted by molar-refractivity contribution is 0.285. The van der Waals surface area contributed by atoms with Gasteiger partial charge in [0.15, 0.2) is 17.4 Å². The average molecular weight is 293 g/mol. The molecule has 7 heteroatoms. The Morgan fingerprint density at radius 2 is 1.84 bits per heavy atom. The van der Waals surface area contributed by atoms with Gasteiger partial charge >= 0.3 is 0 Å². The molecule has 0 aliphatic rings. The maximum absolute atomic E-state index is 13.5. The Balaban J connectivity index is 2.59. The van der Waals surface area contributed by atoms with E-state index in [1.54, 1.807) is 6.92 Å². The van der Waals surface area contributed by atoms with Crippen molar-refractivity contribution in [2.75, 3.05) is 18.1 Å². The quantitative estimate of drug-likeness (QED) is 0.776. The highest BCUT2D eigenvalue weighted by Gasteiger charge is 2.13. The minimum Gasteiger partial charge on any atom is -0.488 e. The fraction of sp³-hybridized carbons (Fsp3) is 0.500. The predicted molar refractivity (Wildman–Crippen MR) is 68.7 cm³/mol. The summed E-state index contributed by atoms with van der Waals surface area (Å²) in [6.07, 6.45) is 0.188. The van der Waals surface area contributed by atoms with E-state index in [4.69, 9.17) is 10.5 Å². The van der Waals surface area contributed by atoms with E-state index in [9.17, 15) is 17.2 Å². The Kier molecular flexibility index (Phi) is 5.68. The molecule has 1 aromatic rings. The number of hydrogen-bond donors (Lipinski definition) is 1. The molecule has 0 fully saturated rings. The largest absolute Gasteiger partial charge is 0.488 e. The van der Waals surface area contributed by atoms with Crippen LogP contribution in [0, 0.1) is 11.6 Å². The van der Waals surface area contributed by atoms with Gasteiger partial charge in [-0.3, -0.25) is 0 Å². The summed E-state index contributed by atoms with van der Waals surface area (Å²) in [6.45, 7) is 1.51. The smallest absolute Gasteiger partial charge is 0.190 e. The van der Waals surface area contributed by atoms with Crippen LogP contribution in [0.3, 0.4) is 0 Å². The first-order valence-corrected chi connectivity index (χ1v) is 7.73. The zero-order chi connectivity index (χ0) is 14.5. The molecule has 0 unspecified atom stereocenters. The van der Waals surface area contributed by atoms with Crippen LogP contribution in [0.2, 0.25) is 0 Å². The van der Waals surface area contributed by atoms with Gasteiger partial charge in [-0.05, 0) is 24.1 Å². The van der Waals surface area contributed by atoms with Crippen LogP contribution in [0.5, 0.6) is 5.75 Å². The summed E-state index contributed by atoms with van der Waals surface area (Å²) in [7, 11) is -3.09. The lowest BCUT2D eigenvalue weighted by Crippen LogP contribution is -2.12. The second-order valence-electron chi connectivity index (χ2n) is 4.03. The molecule has 1 rings (SSSR count). The summed E-state index contributed by atoms with van der Waals surface area (Å²) in [6, 6.07) is 2.20. The van der Waals surface area contributed by atoms with Crippen LogP contribution in [0.4, 0.5) is 8.78 Å². The molecule has 0 saturated heterocycles. The van der Waals surface area contributed by atoms with Crippen LogP contribution in [0.15, 0.2) is 12.1 Å². The number of rotatable bonds is 7. The van der Waals surface area contributed by atoms with Gasteiger partial charge in [-0.15, -0.1) is 0 Å². The standard InChI is InChI=1S/C12H17F2NO3S/c1-2-19(16,17)5-3-4-18-12-10(13)6-9(8-15)7-11(12)14/h6-7H,2-5,8,15H2,1H3. The van der Waals surface area contributed by atoms with Crippen LogP contribution in [0.25, 0.3) is 0 Å². The molecule has 4 nitrogen and oxygen atoms in total. The third kappa shape index (κ3) is 4.76. The molecule has 0 atom stereocenters. The molecule has 0 aliphatic heterocycles. The molecule has 0 saturated carbocycles. The van der Waals surface area contributed by atoms with Crippen molar-refractivity contribution in [2.24, 2.45) is 5.73 Å². The molecule has 19 heavy (non-hydrogen) atoms. The molecule has 0 radical (unpaired) electrons. The summed E-state index contributed by atoms with van der Waals surface area (Å²) in [5, 5.41) is 0. The highest BCUT2D eigenvalue weighted by molar-refractivity contribution is 7.91. The number of halogens is 2. The van der Waals surface area contributed by atoms with E-state index in [1.807, 2.05) is 0 Å². The van der Waals surface area contributed by atoms with Crippen molar-refractivity contribution in [3.05, 3.63) is 29.3 Å². The van der Waals surface area contributed by atoms with Gasteiger partial charge in [0, 0.05) is 12.3 Å². The van der Waals surface area contributed by atoms with Crippen molar-refractivity contribution >= 4 is 9.84 Å².